The van der Waals surface area contributed by atoms with Crippen LogP contribution >= 0.6 is 0 Å². The fourth-order valence-corrected chi connectivity index (χ4v) is 2.41. The maximum atomic E-state index is 12.1. The number of aliphatic imine (C=N–C) groups is 1. The second-order valence-electron chi connectivity index (χ2n) is 5.52. The van der Waals surface area contributed by atoms with E-state index in [0.29, 0.717) is 11.4 Å². The number of rotatable bonds is 5. The maximum Gasteiger partial charge on any atom is 0.331 e. The van der Waals surface area contributed by atoms with E-state index in [1.165, 1.54) is 6.21 Å². The molecule has 7 nitrogen and oxygen atoms in total. The Morgan fingerprint density at radius 3 is 2.46 bits per heavy atom. The molecule has 0 aliphatic heterocycles. The van der Waals surface area contributed by atoms with Gasteiger partial charge in [0.15, 0.2) is 0 Å². The topological polar surface area (TPSA) is 96.7 Å². The molecule has 2 N–H and O–H groups in total. The van der Waals surface area contributed by atoms with Crippen molar-refractivity contribution in [2.45, 2.75) is 6.54 Å². The zero-order chi connectivity index (χ0) is 18.5. The zero-order valence-electron chi connectivity index (χ0n) is 14.0. The molecule has 0 spiro atoms. The van der Waals surface area contributed by atoms with Gasteiger partial charge in [0.05, 0.1) is 19.3 Å². The van der Waals surface area contributed by atoms with Crippen LogP contribution in [0.2, 0.25) is 0 Å². The molecule has 26 heavy (non-hydrogen) atoms. The van der Waals surface area contributed by atoms with Crippen molar-refractivity contribution in [1.82, 2.24) is 9.55 Å². The van der Waals surface area contributed by atoms with E-state index in [-0.39, 0.29) is 12.1 Å². The third-order valence-electron chi connectivity index (χ3n) is 3.81. The van der Waals surface area contributed by atoms with Gasteiger partial charge in [0, 0.05) is 6.21 Å². The summed E-state index contributed by atoms with van der Waals surface area (Å²) in [7, 11) is 1.56. The van der Waals surface area contributed by atoms with Gasteiger partial charge in [-0.3, -0.25) is 19.3 Å². The van der Waals surface area contributed by atoms with E-state index in [0.717, 1.165) is 10.1 Å². The number of ether oxygens (including phenoxy) is 1. The number of aromatic amines is 1. The largest absolute Gasteiger partial charge is 0.497 e. The highest BCUT2D eigenvalue weighted by molar-refractivity contribution is 5.84. The van der Waals surface area contributed by atoms with E-state index in [4.69, 9.17) is 4.74 Å². The highest BCUT2D eigenvalue weighted by Crippen LogP contribution is 2.18. The van der Waals surface area contributed by atoms with Gasteiger partial charge in [0.25, 0.3) is 5.56 Å². The third kappa shape index (κ3) is 3.72. The summed E-state index contributed by atoms with van der Waals surface area (Å²) in [6.07, 6.45) is 1.23. The van der Waals surface area contributed by atoms with E-state index < -0.39 is 17.1 Å². The van der Waals surface area contributed by atoms with Crippen molar-refractivity contribution in [3.63, 3.8) is 0 Å². The number of hydrogen-bond acceptors (Lipinski definition) is 5. The summed E-state index contributed by atoms with van der Waals surface area (Å²) in [5.74, 6) is 0.251. The van der Waals surface area contributed by atoms with Crippen molar-refractivity contribution in [2.24, 2.45) is 4.99 Å². The van der Waals surface area contributed by atoms with Gasteiger partial charge in [-0.05, 0) is 29.8 Å². The summed E-state index contributed by atoms with van der Waals surface area (Å²) < 4.78 is 6.16. The maximum absolute atomic E-state index is 12.1. The number of benzene rings is 2. The highest BCUT2D eigenvalue weighted by atomic mass is 16.5. The lowest BCUT2D eigenvalue weighted by Gasteiger charge is -2.09. The molecule has 3 aromatic rings. The van der Waals surface area contributed by atoms with E-state index in [9.17, 15) is 14.7 Å². The van der Waals surface area contributed by atoms with Crippen LogP contribution in [0.15, 0.2) is 69.2 Å². The molecule has 0 aliphatic rings. The van der Waals surface area contributed by atoms with Gasteiger partial charge in [0.2, 0.25) is 5.88 Å². The Labute approximate surface area is 148 Å². The summed E-state index contributed by atoms with van der Waals surface area (Å²) in [6, 6.07) is 16.0. The van der Waals surface area contributed by atoms with E-state index in [1.807, 2.05) is 30.3 Å². The van der Waals surface area contributed by atoms with Crippen molar-refractivity contribution in [3.8, 4) is 11.6 Å². The SMILES string of the molecule is COc1ccc(N=Cc2c(O)n(Cc3ccccc3)c(=O)[nH]c2=O)cc1. The van der Waals surface area contributed by atoms with E-state index in [1.54, 1.807) is 31.4 Å². The Balaban J connectivity index is 1.96. The van der Waals surface area contributed by atoms with Gasteiger partial charge in [-0.25, -0.2) is 4.79 Å². The Hall–Kier alpha value is -3.61. The van der Waals surface area contributed by atoms with Crippen LogP contribution < -0.4 is 16.0 Å². The molecule has 0 bridgehead atoms. The molecule has 0 saturated carbocycles. The lowest BCUT2D eigenvalue weighted by atomic mass is 10.2. The molecule has 0 saturated heterocycles. The van der Waals surface area contributed by atoms with Crippen LogP contribution in [-0.4, -0.2) is 28.0 Å². The second kappa shape index (κ2) is 7.52. The van der Waals surface area contributed by atoms with Crippen LogP contribution in [0, 0.1) is 0 Å². The number of aromatic nitrogens is 2. The van der Waals surface area contributed by atoms with Crippen LogP contribution in [0.4, 0.5) is 5.69 Å². The number of nitrogens with one attached hydrogen (secondary N) is 1. The fraction of sp³-hybridized carbons (Fsp3) is 0.105. The molecule has 132 valence electrons. The Morgan fingerprint density at radius 1 is 1.12 bits per heavy atom. The first-order valence-corrected chi connectivity index (χ1v) is 7.86. The quantitative estimate of drug-likeness (QED) is 0.688. The average Bonchev–Trinajstić information content (AvgIpc) is 2.66. The smallest absolute Gasteiger partial charge is 0.331 e. The van der Waals surface area contributed by atoms with Crippen LogP contribution in [0.1, 0.15) is 11.1 Å². The summed E-state index contributed by atoms with van der Waals surface area (Å²) in [5, 5.41) is 10.4. The third-order valence-corrected chi connectivity index (χ3v) is 3.81. The molecule has 0 unspecified atom stereocenters. The number of nitrogens with zero attached hydrogens (tertiary/aromatic N) is 2. The molecule has 2 aromatic carbocycles. The van der Waals surface area contributed by atoms with E-state index in [2.05, 4.69) is 9.98 Å². The van der Waals surface area contributed by atoms with Crippen molar-refractivity contribution in [3.05, 3.63) is 86.6 Å². The highest BCUT2D eigenvalue weighted by Gasteiger charge is 2.13. The average molecular weight is 351 g/mol. The fourth-order valence-electron chi connectivity index (χ4n) is 2.41. The minimum Gasteiger partial charge on any atom is -0.497 e. The molecule has 3 rings (SSSR count). The van der Waals surface area contributed by atoms with Crippen LogP contribution in [0.3, 0.4) is 0 Å². The molecule has 0 radical (unpaired) electrons. The van der Waals surface area contributed by atoms with Crippen molar-refractivity contribution < 1.29 is 9.84 Å². The second-order valence-corrected chi connectivity index (χ2v) is 5.52. The monoisotopic (exact) mass is 351 g/mol. The molecule has 0 amide bonds. The molecular formula is C19H17N3O4. The predicted molar refractivity (Wildman–Crippen MR) is 98.8 cm³/mol. The zero-order valence-corrected chi connectivity index (χ0v) is 14.0. The van der Waals surface area contributed by atoms with E-state index >= 15 is 0 Å². The Bertz CT molecular complexity index is 1040. The minimum absolute atomic E-state index is 0.0867. The Kier molecular flexibility index (Phi) is 4.98. The summed E-state index contributed by atoms with van der Waals surface area (Å²) in [4.78, 5) is 30.5. The van der Waals surface area contributed by atoms with Gasteiger partial charge in [0.1, 0.15) is 11.3 Å². The molecule has 7 heteroatoms. The molecule has 0 atom stereocenters. The first-order chi connectivity index (χ1) is 12.6. The molecular weight excluding hydrogens is 334 g/mol. The van der Waals surface area contributed by atoms with Crippen LogP contribution in [-0.2, 0) is 6.54 Å². The van der Waals surface area contributed by atoms with Gasteiger partial charge in [-0.15, -0.1) is 0 Å². The van der Waals surface area contributed by atoms with Gasteiger partial charge >= 0.3 is 5.69 Å². The molecule has 0 fully saturated rings. The molecule has 0 aliphatic carbocycles. The lowest BCUT2D eigenvalue weighted by molar-refractivity contribution is 0.408. The summed E-state index contributed by atoms with van der Waals surface area (Å²) in [6.45, 7) is 0.131. The number of H-pyrrole nitrogens is 1. The molecule has 1 aromatic heterocycles. The predicted octanol–water partition coefficient (Wildman–Crippen LogP) is 2.05. The number of methoxy groups -OCH3 is 1. The first-order valence-electron chi connectivity index (χ1n) is 7.86. The van der Waals surface area contributed by atoms with Crippen LogP contribution in [0.25, 0.3) is 0 Å². The first kappa shape index (κ1) is 17.2. The summed E-state index contributed by atoms with van der Waals surface area (Å²) >= 11 is 0. The summed E-state index contributed by atoms with van der Waals surface area (Å²) in [5.41, 5.74) is -0.0798. The standard InChI is InChI=1S/C19H17N3O4/c1-26-15-9-7-14(8-10-15)20-11-16-17(23)21-19(25)22(18(16)24)12-13-5-3-2-4-6-13/h2-11,24H,12H2,1H3,(H,21,23,25). The minimum atomic E-state index is -0.700. The van der Waals surface area contributed by atoms with Gasteiger partial charge in [-0.2, -0.15) is 0 Å². The van der Waals surface area contributed by atoms with Crippen molar-refractivity contribution >= 4 is 11.9 Å². The van der Waals surface area contributed by atoms with Crippen molar-refractivity contribution in [2.75, 3.05) is 7.11 Å². The number of aromatic hydroxyl groups is 1. The lowest BCUT2D eigenvalue weighted by Crippen LogP contribution is -2.32. The van der Waals surface area contributed by atoms with Crippen molar-refractivity contribution in [1.29, 1.82) is 0 Å². The normalized spacial score (nSPS) is 11.0. The number of hydrogen-bond donors (Lipinski definition) is 2. The molecule has 1 heterocycles. The Morgan fingerprint density at radius 2 is 1.81 bits per heavy atom. The van der Waals surface area contributed by atoms with Crippen LogP contribution in [0.5, 0.6) is 11.6 Å². The van der Waals surface area contributed by atoms with Gasteiger partial charge < -0.3 is 9.84 Å². The van der Waals surface area contributed by atoms with Gasteiger partial charge in [-0.1, -0.05) is 30.3 Å².